The van der Waals surface area contributed by atoms with Gasteiger partial charge in [-0.05, 0) is 31.6 Å². The van der Waals surface area contributed by atoms with Crippen LogP contribution < -0.4 is 0 Å². The molecule has 0 aromatic carbocycles. The molecule has 0 bridgehead atoms. The molecule has 0 N–H and O–H groups in total. The maximum absolute atomic E-state index is 2.56. The van der Waals surface area contributed by atoms with Gasteiger partial charge in [-0.15, -0.1) is 0 Å². The van der Waals surface area contributed by atoms with Crippen molar-refractivity contribution in [3.63, 3.8) is 0 Å². The second kappa shape index (κ2) is 2.23. The Morgan fingerprint density at radius 2 is 2.10 bits per heavy atom. The Kier molecular flexibility index (Phi) is 1.48. The first-order valence-electron chi connectivity index (χ1n) is 4.51. The average molecular weight is 139 g/mol. The number of hydrogen-bond acceptors (Lipinski definition) is 1. The van der Waals surface area contributed by atoms with Gasteiger partial charge < -0.3 is 0 Å². The minimum absolute atomic E-state index is 0.884. The standard InChI is InChI=1S/C9H17N/c1-7-5-9(7)6-8(2)10-3-4-10/h7-9H,3-6H2,1-2H3/t7?,8-,9-/m0/s1. The molecule has 0 aromatic rings. The van der Waals surface area contributed by atoms with Gasteiger partial charge in [-0.25, -0.2) is 0 Å². The molecule has 0 aromatic heterocycles. The zero-order valence-electron chi connectivity index (χ0n) is 7.01. The fourth-order valence-electron chi connectivity index (χ4n) is 1.81. The third kappa shape index (κ3) is 1.34. The first-order valence-corrected chi connectivity index (χ1v) is 4.51. The van der Waals surface area contributed by atoms with Gasteiger partial charge in [0, 0.05) is 19.1 Å². The zero-order chi connectivity index (χ0) is 7.14. The normalized spacial score (nSPS) is 41.4. The number of rotatable bonds is 3. The van der Waals surface area contributed by atoms with Crippen LogP contribution in [0.4, 0.5) is 0 Å². The highest BCUT2D eigenvalue weighted by atomic mass is 15.3. The van der Waals surface area contributed by atoms with E-state index < -0.39 is 0 Å². The summed E-state index contributed by atoms with van der Waals surface area (Å²) < 4.78 is 0. The van der Waals surface area contributed by atoms with Crippen molar-refractivity contribution in [2.75, 3.05) is 13.1 Å². The van der Waals surface area contributed by atoms with Crippen LogP contribution in [-0.4, -0.2) is 24.0 Å². The maximum atomic E-state index is 2.56. The molecule has 2 fully saturated rings. The predicted molar refractivity (Wildman–Crippen MR) is 42.9 cm³/mol. The van der Waals surface area contributed by atoms with Gasteiger partial charge in [0.15, 0.2) is 0 Å². The molecule has 2 aliphatic rings. The fourth-order valence-corrected chi connectivity index (χ4v) is 1.81. The first-order chi connectivity index (χ1) is 4.77. The molecule has 3 atom stereocenters. The van der Waals surface area contributed by atoms with Gasteiger partial charge >= 0.3 is 0 Å². The van der Waals surface area contributed by atoms with Crippen LogP contribution in [0.2, 0.25) is 0 Å². The number of hydrogen-bond donors (Lipinski definition) is 0. The smallest absolute Gasteiger partial charge is 0.0113 e. The molecule has 1 saturated heterocycles. The van der Waals surface area contributed by atoms with Crippen molar-refractivity contribution in [2.24, 2.45) is 11.8 Å². The Bertz CT molecular complexity index is 129. The van der Waals surface area contributed by atoms with Crippen LogP contribution in [0.5, 0.6) is 0 Å². The SMILES string of the molecule is CC1C[C@H]1C[C@H](C)N1CC1. The molecule has 10 heavy (non-hydrogen) atoms. The molecular weight excluding hydrogens is 122 g/mol. The van der Waals surface area contributed by atoms with Crippen LogP contribution in [0.3, 0.4) is 0 Å². The molecule has 1 aliphatic heterocycles. The average Bonchev–Trinajstić information content (AvgIpc) is 2.66. The minimum Gasteiger partial charge on any atom is -0.298 e. The van der Waals surface area contributed by atoms with E-state index in [1.54, 1.807) is 0 Å². The van der Waals surface area contributed by atoms with Gasteiger partial charge in [0.25, 0.3) is 0 Å². The van der Waals surface area contributed by atoms with E-state index in [0.29, 0.717) is 0 Å². The molecule has 1 aliphatic carbocycles. The predicted octanol–water partition coefficient (Wildman–Crippen LogP) is 1.74. The van der Waals surface area contributed by atoms with Crippen LogP contribution in [0.15, 0.2) is 0 Å². The van der Waals surface area contributed by atoms with Crippen molar-refractivity contribution in [3.05, 3.63) is 0 Å². The molecule has 2 rings (SSSR count). The first kappa shape index (κ1) is 6.66. The monoisotopic (exact) mass is 139 g/mol. The lowest BCUT2D eigenvalue weighted by Crippen LogP contribution is -2.14. The van der Waals surface area contributed by atoms with E-state index >= 15 is 0 Å². The summed E-state index contributed by atoms with van der Waals surface area (Å²) in [4.78, 5) is 2.56. The van der Waals surface area contributed by atoms with Crippen molar-refractivity contribution in [1.82, 2.24) is 4.90 Å². The Labute approximate surface area is 63.4 Å². The van der Waals surface area contributed by atoms with Gasteiger partial charge in [0.05, 0.1) is 0 Å². The Balaban J connectivity index is 1.69. The molecule has 0 radical (unpaired) electrons. The van der Waals surface area contributed by atoms with E-state index in [-0.39, 0.29) is 0 Å². The lowest BCUT2D eigenvalue weighted by Gasteiger charge is -2.10. The third-order valence-corrected chi connectivity index (χ3v) is 3.03. The van der Waals surface area contributed by atoms with E-state index in [2.05, 4.69) is 18.7 Å². The van der Waals surface area contributed by atoms with Crippen LogP contribution in [0, 0.1) is 11.8 Å². The molecule has 0 amide bonds. The Hall–Kier alpha value is -0.0400. The summed E-state index contributed by atoms with van der Waals surface area (Å²) in [6.07, 6.45) is 2.96. The molecule has 0 spiro atoms. The molecule has 1 heterocycles. The van der Waals surface area contributed by atoms with Crippen LogP contribution in [0.25, 0.3) is 0 Å². The zero-order valence-corrected chi connectivity index (χ0v) is 7.01. The lowest BCUT2D eigenvalue weighted by atomic mass is 10.1. The van der Waals surface area contributed by atoms with Crippen LogP contribution >= 0.6 is 0 Å². The van der Waals surface area contributed by atoms with Crippen molar-refractivity contribution < 1.29 is 0 Å². The van der Waals surface area contributed by atoms with Gasteiger partial charge in [0.1, 0.15) is 0 Å². The van der Waals surface area contributed by atoms with Crippen LogP contribution in [-0.2, 0) is 0 Å². The van der Waals surface area contributed by atoms with Gasteiger partial charge in [-0.3, -0.25) is 4.90 Å². The Morgan fingerprint density at radius 1 is 1.50 bits per heavy atom. The Morgan fingerprint density at radius 3 is 2.50 bits per heavy atom. The van der Waals surface area contributed by atoms with E-state index in [4.69, 9.17) is 0 Å². The van der Waals surface area contributed by atoms with Crippen molar-refractivity contribution >= 4 is 0 Å². The topological polar surface area (TPSA) is 3.01 Å². The summed E-state index contributed by atoms with van der Waals surface area (Å²) in [5, 5.41) is 0. The third-order valence-electron chi connectivity index (χ3n) is 3.03. The lowest BCUT2D eigenvalue weighted by molar-refractivity contribution is 0.380. The minimum atomic E-state index is 0.884. The molecule has 1 saturated carbocycles. The molecular formula is C9H17N. The van der Waals surface area contributed by atoms with Gasteiger partial charge in [-0.2, -0.15) is 0 Å². The van der Waals surface area contributed by atoms with E-state index in [1.165, 1.54) is 25.9 Å². The maximum Gasteiger partial charge on any atom is 0.0113 e. The molecule has 58 valence electrons. The number of nitrogens with zero attached hydrogens (tertiary/aromatic N) is 1. The summed E-state index contributed by atoms with van der Waals surface area (Å²) in [6.45, 7) is 7.47. The van der Waals surface area contributed by atoms with Gasteiger partial charge in [-0.1, -0.05) is 6.92 Å². The molecule has 1 nitrogen and oxygen atoms in total. The highest BCUT2D eigenvalue weighted by Crippen LogP contribution is 2.42. The summed E-state index contributed by atoms with van der Waals surface area (Å²) in [7, 11) is 0. The molecule has 1 heteroatoms. The summed E-state index contributed by atoms with van der Waals surface area (Å²) >= 11 is 0. The summed E-state index contributed by atoms with van der Waals surface area (Å²) in [6, 6.07) is 0.884. The summed E-state index contributed by atoms with van der Waals surface area (Å²) in [5.74, 6) is 2.12. The van der Waals surface area contributed by atoms with Crippen molar-refractivity contribution in [3.8, 4) is 0 Å². The fraction of sp³-hybridized carbons (Fsp3) is 1.00. The largest absolute Gasteiger partial charge is 0.298 e. The van der Waals surface area contributed by atoms with E-state index in [1.807, 2.05) is 0 Å². The second-order valence-corrected chi connectivity index (χ2v) is 4.09. The highest BCUT2D eigenvalue weighted by molar-refractivity contribution is 4.88. The van der Waals surface area contributed by atoms with Crippen molar-refractivity contribution in [2.45, 2.75) is 32.7 Å². The summed E-state index contributed by atoms with van der Waals surface area (Å²) in [5.41, 5.74) is 0. The molecule has 1 unspecified atom stereocenters. The van der Waals surface area contributed by atoms with E-state index in [9.17, 15) is 0 Å². The highest BCUT2D eigenvalue weighted by Gasteiger charge is 2.36. The van der Waals surface area contributed by atoms with E-state index in [0.717, 1.165) is 17.9 Å². The van der Waals surface area contributed by atoms with Crippen LogP contribution in [0.1, 0.15) is 26.7 Å². The van der Waals surface area contributed by atoms with Crippen molar-refractivity contribution in [1.29, 1.82) is 0 Å². The second-order valence-electron chi connectivity index (χ2n) is 4.09. The quantitative estimate of drug-likeness (QED) is 0.538. The van der Waals surface area contributed by atoms with Gasteiger partial charge in [0.2, 0.25) is 0 Å².